The molecule has 0 saturated heterocycles. The summed E-state index contributed by atoms with van der Waals surface area (Å²) in [6.07, 6.45) is 2.98. The van der Waals surface area contributed by atoms with Gasteiger partial charge in [0.2, 0.25) is 5.91 Å². The van der Waals surface area contributed by atoms with Gasteiger partial charge >= 0.3 is 0 Å². The van der Waals surface area contributed by atoms with Crippen molar-refractivity contribution in [3.63, 3.8) is 0 Å². The molecule has 0 aliphatic heterocycles. The van der Waals surface area contributed by atoms with Crippen molar-refractivity contribution in [2.75, 3.05) is 11.1 Å². The monoisotopic (exact) mass is 479 g/mol. The summed E-state index contributed by atoms with van der Waals surface area (Å²) in [5.74, 6) is -2.46. The van der Waals surface area contributed by atoms with Gasteiger partial charge in [0.1, 0.15) is 6.04 Å². The van der Waals surface area contributed by atoms with Gasteiger partial charge in [-0.05, 0) is 36.4 Å². The molecule has 31 heavy (non-hydrogen) atoms. The minimum absolute atomic E-state index is 0.0159. The van der Waals surface area contributed by atoms with Crippen LogP contribution in [0.2, 0.25) is 10.0 Å². The molecule has 160 valence electrons. The third-order valence-electron chi connectivity index (χ3n) is 4.05. The smallest absolute Gasteiger partial charge is 0.251 e. The Morgan fingerprint density at radius 3 is 2.68 bits per heavy atom. The van der Waals surface area contributed by atoms with E-state index in [4.69, 9.17) is 23.2 Å². The highest BCUT2D eigenvalue weighted by atomic mass is 35.5. The Hall–Kier alpha value is -2.81. The highest BCUT2D eigenvalue weighted by molar-refractivity contribution is 8.00. The molecule has 0 fully saturated rings. The second-order valence-electron chi connectivity index (χ2n) is 6.31. The maximum absolute atomic E-state index is 13.6. The number of nitrogens with zero attached hydrogens (tertiary/aromatic N) is 1. The number of anilines is 1. The normalized spacial score (nSPS) is 11.6. The van der Waals surface area contributed by atoms with Crippen LogP contribution in [0.3, 0.4) is 0 Å². The zero-order valence-corrected chi connectivity index (χ0v) is 18.1. The molecule has 1 unspecified atom stereocenters. The highest BCUT2D eigenvalue weighted by Gasteiger charge is 2.23. The fourth-order valence-corrected chi connectivity index (χ4v) is 3.88. The molecule has 10 heteroatoms. The first kappa shape index (κ1) is 22.9. The Labute approximate surface area is 191 Å². The average Bonchev–Trinajstić information content (AvgIpc) is 2.75. The number of phenolic OH excluding ortho intramolecular Hbond substituents is 1. The number of halogens is 3. The van der Waals surface area contributed by atoms with Gasteiger partial charge in [-0.15, -0.1) is 11.8 Å². The Morgan fingerprint density at radius 2 is 1.97 bits per heavy atom. The topological polar surface area (TPSA) is 91.3 Å². The first-order valence-electron chi connectivity index (χ1n) is 8.90. The SMILES string of the molecule is O=C(CSc1cc(Cl)ccc1Cl)NC(C(=O)Nc1ccc(O)c(F)c1)c1cccnc1. The van der Waals surface area contributed by atoms with Gasteiger partial charge in [0.25, 0.3) is 5.91 Å². The van der Waals surface area contributed by atoms with Gasteiger partial charge in [-0.1, -0.05) is 29.3 Å². The van der Waals surface area contributed by atoms with Gasteiger partial charge in [-0.25, -0.2) is 4.39 Å². The summed E-state index contributed by atoms with van der Waals surface area (Å²) in [7, 11) is 0. The number of amides is 2. The van der Waals surface area contributed by atoms with Gasteiger partial charge in [0.05, 0.1) is 10.8 Å². The summed E-state index contributed by atoms with van der Waals surface area (Å²) in [6, 6.07) is 10.5. The van der Waals surface area contributed by atoms with E-state index in [0.717, 1.165) is 12.1 Å². The van der Waals surface area contributed by atoms with E-state index in [1.54, 1.807) is 30.3 Å². The number of phenols is 1. The first-order chi connectivity index (χ1) is 14.8. The molecule has 1 atom stereocenters. The third kappa shape index (κ3) is 6.33. The molecule has 0 radical (unpaired) electrons. The number of aromatic hydroxyl groups is 1. The van der Waals surface area contributed by atoms with Crippen LogP contribution >= 0.6 is 35.0 Å². The van der Waals surface area contributed by atoms with Gasteiger partial charge in [-0.2, -0.15) is 0 Å². The number of carbonyl (C=O) groups is 2. The molecule has 1 aromatic heterocycles. The maximum atomic E-state index is 13.6. The average molecular weight is 480 g/mol. The molecular formula is C21H16Cl2FN3O3S. The Balaban J connectivity index is 1.72. The van der Waals surface area contributed by atoms with Gasteiger partial charge in [0, 0.05) is 39.6 Å². The zero-order valence-electron chi connectivity index (χ0n) is 15.8. The molecule has 2 amide bonds. The molecule has 3 N–H and O–H groups in total. The van der Waals surface area contributed by atoms with Crippen LogP contribution in [0.5, 0.6) is 5.75 Å². The van der Waals surface area contributed by atoms with Crippen LogP contribution in [-0.2, 0) is 9.59 Å². The second-order valence-corrected chi connectivity index (χ2v) is 8.17. The summed E-state index contributed by atoms with van der Waals surface area (Å²) in [5, 5.41) is 15.4. The standard InChI is InChI=1S/C21H16Cl2FN3O3S/c22-13-3-5-15(23)18(8-13)31-11-19(29)27-20(12-2-1-7-25-10-12)21(30)26-14-4-6-17(28)16(24)9-14/h1-10,20,28H,11H2,(H,26,30)(H,27,29). The van der Waals surface area contributed by atoms with Crippen molar-refractivity contribution in [2.24, 2.45) is 0 Å². The summed E-state index contributed by atoms with van der Waals surface area (Å²) in [4.78, 5) is 30.0. The van der Waals surface area contributed by atoms with Crippen LogP contribution in [0.4, 0.5) is 10.1 Å². The third-order valence-corrected chi connectivity index (χ3v) is 5.78. The highest BCUT2D eigenvalue weighted by Crippen LogP contribution is 2.30. The van der Waals surface area contributed by atoms with Gasteiger partial charge < -0.3 is 15.7 Å². The molecule has 1 heterocycles. The minimum Gasteiger partial charge on any atom is -0.505 e. The summed E-state index contributed by atoms with van der Waals surface area (Å²) < 4.78 is 13.6. The summed E-state index contributed by atoms with van der Waals surface area (Å²) in [5.41, 5.74) is 0.571. The number of carbonyl (C=O) groups excluding carboxylic acids is 2. The van der Waals surface area contributed by atoms with E-state index in [2.05, 4.69) is 15.6 Å². The van der Waals surface area contributed by atoms with E-state index in [0.29, 0.717) is 20.5 Å². The van der Waals surface area contributed by atoms with Crippen molar-refractivity contribution < 1.29 is 19.1 Å². The predicted octanol–water partition coefficient (Wildman–Crippen LogP) is 4.82. The Bertz CT molecular complexity index is 1100. The fourth-order valence-electron chi connectivity index (χ4n) is 2.58. The molecule has 0 saturated carbocycles. The summed E-state index contributed by atoms with van der Waals surface area (Å²) >= 11 is 13.2. The van der Waals surface area contributed by atoms with Gasteiger partial charge in [0.15, 0.2) is 11.6 Å². The maximum Gasteiger partial charge on any atom is 0.251 e. The van der Waals surface area contributed by atoms with E-state index >= 15 is 0 Å². The molecule has 0 aliphatic rings. The van der Waals surface area contributed by atoms with E-state index in [1.165, 1.54) is 30.2 Å². The van der Waals surface area contributed by atoms with Crippen molar-refractivity contribution in [3.8, 4) is 5.75 Å². The molecular weight excluding hydrogens is 464 g/mol. The van der Waals surface area contributed by atoms with Crippen molar-refractivity contribution >= 4 is 52.5 Å². The largest absolute Gasteiger partial charge is 0.505 e. The first-order valence-corrected chi connectivity index (χ1v) is 10.6. The van der Waals surface area contributed by atoms with Gasteiger partial charge in [-0.3, -0.25) is 14.6 Å². The lowest BCUT2D eigenvalue weighted by Crippen LogP contribution is -2.38. The lowest BCUT2D eigenvalue weighted by Gasteiger charge is -2.19. The molecule has 6 nitrogen and oxygen atoms in total. The van der Waals surface area contributed by atoms with Crippen molar-refractivity contribution in [1.82, 2.24) is 10.3 Å². The van der Waals surface area contributed by atoms with E-state index in [-0.39, 0.29) is 11.4 Å². The van der Waals surface area contributed by atoms with Crippen molar-refractivity contribution in [3.05, 3.63) is 82.4 Å². The quantitative estimate of drug-likeness (QED) is 0.333. The molecule has 3 aromatic rings. The number of nitrogens with one attached hydrogen (secondary N) is 2. The van der Waals surface area contributed by atoms with Crippen molar-refractivity contribution in [1.29, 1.82) is 0 Å². The number of benzene rings is 2. The molecule has 3 rings (SSSR count). The second kappa shape index (κ2) is 10.5. The van der Waals surface area contributed by atoms with Crippen LogP contribution in [-0.4, -0.2) is 27.7 Å². The predicted molar refractivity (Wildman–Crippen MR) is 119 cm³/mol. The zero-order chi connectivity index (χ0) is 22.4. The molecule has 0 bridgehead atoms. The Kier molecular flexibility index (Phi) is 7.73. The number of aromatic nitrogens is 1. The van der Waals surface area contributed by atoms with Crippen LogP contribution in [0, 0.1) is 5.82 Å². The van der Waals surface area contributed by atoms with Crippen molar-refractivity contribution in [2.45, 2.75) is 10.9 Å². The Morgan fingerprint density at radius 1 is 1.16 bits per heavy atom. The number of rotatable bonds is 7. The minimum atomic E-state index is -1.08. The van der Waals surface area contributed by atoms with Crippen LogP contribution in [0.15, 0.2) is 65.8 Å². The van der Waals surface area contributed by atoms with E-state index < -0.39 is 29.4 Å². The van der Waals surface area contributed by atoms with E-state index in [9.17, 15) is 19.1 Å². The molecule has 0 spiro atoms. The van der Waals surface area contributed by atoms with E-state index in [1.807, 2.05) is 0 Å². The summed E-state index contributed by atoms with van der Waals surface area (Å²) in [6.45, 7) is 0. The number of hydrogen-bond donors (Lipinski definition) is 3. The number of thioether (sulfide) groups is 1. The van der Waals surface area contributed by atoms with Crippen LogP contribution in [0.1, 0.15) is 11.6 Å². The number of hydrogen-bond acceptors (Lipinski definition) is 5. The lowest BCUT2D eigenvalue weighted by molar-refractivity contribution is -0.125. The lowest BCUT2D eigenvalue weighted by atomic mass is 10.1. The number of pyridine rings is 1. The fraction of sp³-hybridized carbons (Fsp3) is 0.0952. The van der Waals surface area contributed by atoms with Crippen LogP contribution in [0.25, 0.3) is 0 Å². The molecule has 0 aliphatic carbocycles. The molecule has 2 aromatic carbocycles. The van der Waals surface area contributed by atoms with Crippen LogP contribution < -0.4 is 10.6 Å².